The number of carbonyl (C=O) groups excluding carboxylic acids is 2. The Labute approximate surface area is 150 Å². The lowest BCUT2D eigenvalue weighted by Crippen LogP contribution is -2.34. The standard InChI is InChI=1S/C18H27N3O2.ClH/c1-2-3-10-20-18(23)16-8-6-15(7-9-16)12-21-17(22)13-19-11-14-4-5-14;/h6-9,14,19H,2-5,10-13H2,1H3,(H,20,23)(H,21,22);1H. The minimum atomic E-state index is -0.0432. The first-order valence-corrected chi connectivity index (χ1v) is 8.53. The van der Waals surface area contributed by atoms with E-state index in [-0.39, 0.29) is 24.2 Å². The molecule has 3 N–H and O–H groups in total. The van der Waals surface area contributed by atoms with Crippen molar-refractivity contribution < 1.29 is 9.59 Å². The lowest BCUT2D eigenvalue weighted by Gasteiger charge is -2.08. The van der Waals surface area contributed by atoms with Gasteiger partial charge in [-0.3, -0.25) is 9.59 Å². The summed E-state index contributed by atoms with van der Waals surface area (Å²) in [7, 11) is 0. The smallest absolute Gasteiger partial charge is 0.251 e. The molecule has 0 aliphatic heterocycles. The summed E-state index contributed by atoms with van der Waals surface area (Å²) in [6, 6.07) is 7.36. The molecular weight excluding hydrogens is 326 g/mol. The van der Waals surface area contributed by atoms with Gasteiger partial charge in [0, 0.05) is 18.7 Å². The maximum absolute atomic E-state index is 11.9. The van der Waals surface area contributed by atoms with Crippen LogP contribution in [0.2, 0.25) is 0 Å². The average molecular weight is 354 g/mol. The van der Waals surface area contributed by atoms with E-state index in [4.69, 9.17) is 0 Å². The number of nitrogens with one attached hydrogen (secondary N) is 3. The van der Waals surface area contributed by atoms with Crippen molar-refractivity contribution in [1.82, 2.24) is 16.0 Å². The van der Waals surface area contributed by atoms with E-state index in [1.54, 1.807) is 12.1 Å². The van der Waals surface area contributed by atoms with Gasteiger partial charge >= 0.3 is 0 Å². The fourth-order valence-electron chi connectivity index (χ4n) is 2.23. The van der Waals surface area contributed by atoms with Gasteiger partial charge in [0.2, 0.25) is 5.91 Å². The van der Waals surface area contributed by atoms with Crippen LogP contribution in [0.5, 0.6) is 0 Å². The summed E-state index contributed by atoms with van der Waals surface area (Å²) < 4.78 is 0. The summed E-state index contributed by atoms with van der Waals surface area (Å²) in [5.74, 6) is 0.740. The molecule has 24 heavy (non-hydrogen) atoms. The fourth-order valence-corrected chi connectivity index (χ4v) is 2.23. The van der Waals surface area contributed by atoms with Crippen LogP contribution < -0.4 is 16.0 Å². The van der Waals surface area contributed by atoms with Crippen molar-refractivity contribution in [1.29, 1.82) is 0 Å². The first-order chi connectivity index (χ1) is 11.2. The molecule has 6 heteroatoms. The van der Waals surface area contributed by atoms with Gasteiger partial charge in [-0.15, -0.1) is 12.4 Å². The highest BCUT2D eigenvalue weighted by Crippen LogP contribution is 2.27. The predicted molar refractivity (Wildman–Crippen MR) is 98.4 cm³/mol. The van der Waals surface area contributed by atoms with Crippen molar-refractivity contribution in [2.45, 2.75) is 39.2 Å². The molecule has 134 valence electrons. The van der Waals surface area contributed by atoms with Crippen LogP contribution >= 0.6 is 12.4 Å². The SMILES string of the molecule is CCCCNC(=O)c1ccc(CNC(=O)CNCC2CC2)cc1.Cl. The minimum absolute atomic E-state index is 0. The molecule has 1 aromatic rings. The van der Waals surface area contributed by atoms with E-state index in [2.05, 4.69) is 22.9 Å². The molecule has 1 saturated carbocycles. The zero-order valence-corrected chi connectivity index (χ0v) is 15.1. The normalized spacial score (nSPS) is 13.0. The number of amides is 2. The van der Waals surface area contributed by atoms with Gasteiger partial charge < -0.3 is 16.0 Å². The lowest BCUT2D eigenvalue weighted by atomic mass is 10.1. The van der Waals surface area contributed by atoms with Crippen molar-refractivity contribution in [2.24, 2.45) is 5.92 Å². The maximum Gasteiger partial charge on any atom is 0.251 e. The van der Waals surface area contributed by atoms with Crippen LogP contribution in [0.4, 0.5) is 0 Å². The Hall–Kier alpha value is -1.59. The van der Waals surface area contributed by atoms with Gasteiger partial charge in [-0.25, -0.2) is 0 Å². The molecule has 0 atom stereocenters. The summed E-state index contributed by atoms with van der Waals surface area (Å²) >= 11 is 0. The zero-order valence-electron chi connectivity index (χ0n) is 14.3. The van der Waals surface area contributed by atoms with Crippen molar-refractivity contribution in [3.63, 3.8) is 0 Å². The van der Waals surface area contributed by atoms with E-state index < -0.39 is 0 Å². The Morgan fingerprint density at radius 3 is 2.46 bits per heavy atom. The van der Waals surface area contributed by atoms with Crippen molar-refractivity contribution in [2.75, 3.05) is 19.6 Å². The number of carbonyl (C=O) groups is 2. The number of rotatable bonds is 10. The van der Waals surface area contributed by atoms with Crippen LogP contribution in [0.25, 0.3) is 0 Å². The summed E-state index contributed by atoms with van der Waals surface area (Å²) in [6.45, 7) is 4.60. The van der Waals surface area contributed by atoms with E-state index in [0.717, 1.165) is 30.9 Å². The molecule has 1 aliphatic rings. The third-order valence-corrected chi connectivity index (χ3v) is 3.94. The quantitative estimate of drug-likeness (QED) is 0.565. The Balaban J connectivity index is 0.00000288. The van der Waals surface area contributed by atoms with Gasteiger partial charge in [0.1, 0.15) is 0 Å². The monoisotopic (exact) mass is 353 g/mol. The third-order valence-electron chi connectivity index (χ3n) is 3.94. The summed E-state index contributed by atoms with van der Waals surface area (Å²) in [5, 5.41) is 8.94. The maximum atomic E-state index is 11.9. The summed E-state index contributed by atoms with van der Waals surface area (Å²) in [4.78, 5) is 23.6. The van der Waals surface area contributed by atoms with Crippen LogP contribution in [0.15, 0.2) is 24.3 Å². The van der Waals surface area contributed by atoms with Gasteiger partial charge in [-0.05, 0) is 49.4 Å². The topological polar surface area (TPSA) is 70.2 Å². The molecule has 0 unspecified atom stereocenters. The zero-order chi connectivity index (χ0) is 16.5. The number of unbranched alkanes of at least 4 members (excludes halogenated alkanes) is 1. The molecule has 1 aliphatic carbocycles. The molecule has 1 fully saturated rings. The highest BCUT2D eigenvalue weighted by Gasteiger charge is 2.20. The van der Waals surface area contributed by atoms with E-state index in [1.807, 2.05) is 12.1 Å². The molecule has 2 amide bonds. The number of hydrogen-bond acceptors (Lipinski definition) is 3. The largest absolute Gasteiger partial charge is 0.352 e. The second-order valence-corrected chi connectivity index (χ2v) is 6.16. The van der Waals surface area contributed by atoms with Crippen LogP contribution in [-0.2, 0) is 11.3 Å². The van der Waals surface area contributed by atoms with E-state index in [1.165, 1.54) is 12.8 Å². The summed E-state index contributed by atoms with van der Waals surface area (Å²) in [5.41, 5.74) is 1.65. The Morgan fingerprint density at radius 1 is 1.12 bits per heavy atom. The van der Waals surface area contributed by atoms with Crippen LogP contribution in [0, 0.1) is 5.92 Å². The molecular formula is C18H28ClN3O2. The Bertz CT molecular complexity index is 516. The Kier molecular flexibility index (Phi) is 9.42. The second-order valence-electron chi connectivity index (χ2n) is 6.16. The van der Waals surface area contributed by atoms with E-state index >= 15 is 0 Å². The highest BCUT2D eigenvalue weighted by atomic mass is 35.5. The minimum Gasteiger partial charge on any atom is -0.352 e. The van der Waals surface area contributed by atoms with Crippen molar-refractivity contribution >= 4 is 24.2 Å². The van der Waals surface area contributed by atoms with Crippen molar-refractivity contribution in [3.8, 4) is 0 Å². The lowest BCUT2D eigenvalue weighted by molar-refractivity contribution is -0.120. The number of hydrogen-bond donors (Lipinski definition) is 3. The predicted octanol–water partition coefficient (Wildman–Crippen LogP) is 2.25. The first kappa shape index (κ1) is 20.5. The van der Waals surface area contributed by atoms with Gasteiger partial charge in [-0.2, -0.15) is 0 Å². The molecule has 1 aromatic carbocycles. The number of benzene rings is 1. The van der Waals surface area contributed by atoms with Crippen LogP contribution in [-0.4, -0.2) is 31.4 Å². The van der Waals surface area contributed by atoms with E-state index in [9.17, 15) is 9.59 Å². The molecule has 2 rings (SSSR count). The van der Waals surface area contributed by atoms with Gasteiger partial charge in [0.15, 0.2) is 0 Å². The third kappa shape index (κ3) is 7.79. The first-order valence-electron chi connectivity index (χ1n) is 8.53. The van der Waals surface area contributed by atoms with Crippen molar-refractivity contribution in [3.05, 3.63) is 35.4 Å². The molecule has 0 spiro atoms. The molecule has 0 heterocycles. The van der Waals surface area contributed by atoms with Gasteiger partial charge in [0.25, 0.3) is 5.91 Å². The highest BCUT2D eigenvalue weighted by molar-refractivity contribution is 5.94. The van der Waals surface area contributed by atoms with Crippen LogP contribution in [0.1, 0.15) is 48.5 Å². The molecule has 0 aromatic heterocycles. The van der Waals surface area contributed by atoms with Gasteiger partial charge in [0.05, 0.1) is 6.54 Å². The average Bonchev–Trinajstić information content (AvgIpc) is 3.38. The summed E-state index contributed by atoms with van der Waals surface area (Å²) in [6.07, 6.45) is 4.62. The molecule has 0 saturated heterocycles. The van der Waals surface area contributed by atoms with E-state index in [0.29, 0.717) is 25.2 Å². The molecule has 0 bridgehead atoms. The van der Waals surface area contributed by atoms with Gasteiger partial charge in [-0.1, -0.05) is 25.5 Å². The molecule has 5 nitrogen and oxygen atoms in total. The second kappa shape index (κ2) is 11.0. The fraction of sp³-hybridized carbons (Fsp3) is 0.556. The van der Waals surface area contributed by atoms with Crippen LogP contribution in [0.3, 0.4) is 0 Å². The number of halogens is 1. The molecule has 0 radical (unpaired) electrons. The Morgan fingerprint density at radius 2 is 1.83 bits per heavy atom.